The number of likely N-dealkylation sites (tertiary alicyclic amines) is 1. The minimum Gasteiger partial charge on any atom is -0.493 e. The number of methoxy groups -OCH3 is 1. The van der Waals surface area contributed by atoms with Gasteiger partial charge in [0.15, 0.2) is 28.4 Å². The molecule has 2 aliphatic rings. The predicted octanol–water partition coefficient (Wildman–Crippen LogP) is 8.29. The third-order valence-corrected chi connectivity index (χ3v) is 9.54. The Kier molecular flexibility index (Phi) is 11.0. The van der Waals surface area contributed by atoms with Crippen LogP contribution in [0.2, 0.25) is 10.0 Å². The molecule has 2 aromatic heterocycles. The standard InChI is InChI=1S/C24H27ClN2O4.C12H13ClN2O/c1-16(28)18-4-7-21(23(14-18)29-2)30-13-3-10-27-11-8-17(9-12-27)24-20-6-5-19(25)15-22(20)31-26-24;13-9-1-2-10-11(7-9)16-15-12(10)8-3-5-14-6-4-8/h4-7,14-15,17H,3,8-13H2,1-2H3;1-2,7-8,14H,3-6H2. The van der Waals surface area contributed by atoms with E-state index in [-0.39, 0.29) is 5.78 Å². The average Bonchev–Trinajstić information content (AvgIpc) is 3.71. The number of nitrogens with one attached hydrogen (secondary N) is 1. The molecule has 0 spiro atoms. The Morgan fingerprint density at radius 3 is 2.02 bits per heavy atom. The molecule has 0 saturated carbocycles. The van der Waals surface area contributed by atoms with Crippen molar-refractivity contribution in [2.75, 3.05) is 46.4 Å². The van der Waals surface area contributed by atoms with Crippen molar-refractivity contribution in [1.29, 1.82) is 0 Å². The van der Waals surface area contributed by atoms with Gasteiger partial charge in [-0.15, -0.1) is 0 Å². The molecule has 9 nitrogen and oxygen atoms in total. The zero-order valence-corrected chi connectivity index (χ0v) is 28.3. The van der Waals surface area contributed by atoms with Gasteiger partial charge in [0.25, 0.3) is 0 Å². The van der Waals surface area contributed by atoms with Crippen LogP contribution in [-0.4, -0.2) is 67.4 Å². The quantitative estimate of drug-likeness (QED) is 0.122. The van der Waals surface area contributed by atoms with Crippen molar-refractivity contribution in [2.24, 2.45) is 0 Å². The van der Waals surface area contributed by atoms with E-state index in [9.17, 15) is 4.79 Å². The Balaban J connectivity index is 0.000000201. The van der Waals surface area contributed by atoms with Crippen LogP contribution >= 0.6 is 23.2 Å². The molecular formula is C36H40Cl2N4O5. The summed E-state index contributed by atoms with van der Waals surface area (Å²) < 4.78 is 22.1. The third-order valence-electron chi connectivity index (χ3n) is 9.07. The van der Waals surface area contributed by atoms with Crippen LogP contribution in [0, 0.1) is 0 Å². The van der Waals surface area contributed by atoms with Gasteiger partial charge < -0.3 is 28.7 Å². The Hall–Kier alpha value is -3.63. The second kappa shape index (κ2) is 15.5. The zero-order chi connectivity index (χ0) is 32.8. The fraction of sp³-hybridized carbons (Fsp3) is 0.417. The summed E-state index contributed by atoms with van der Waals surface area (Å²) in [5, 5.41) is 15.4. The highest BCUT2D eigenvalue weighted by Gasteiger charge is 2.25. The highest BCUT2D eigenvalue weighted by atomic mass is 35.5. The topological polar surface area (TPSA) is 103 Å². The second-order valence-corrected chi connectivity index (χ2v) is 13.1. The van der Waals surface area contributed by atoms with Gasteiger partial charge in [0.2, 0.25) is 0 Å². The van der Waals surface area contributed by atoms with Gasteiger partial charge in [0.1, 0.15) is 0 Å². The molecule has 1 N–H and O–H groups in total. The van der Waals surface area contributed by atoms with Crippen LogP contribution < -0.4 is 14.8 Å². The lowest BCUT2D eigenvalue weighted by molar-refractivity contribution is 0.101. The first-order valence-electron chi connectivity index (χ1n) is 16.2. The van der Waals surface area contributed by atoms with Gasteiger partial charge in [0, 0.05) is 56.9 Å². The van der Waals surface area contributed by atoms with Crippen LogP contribution in [0.3, 0.4) is 0 Å². The Labute approximate surface area is 284 Å². The second-order valence-electron chi connectivity index (χ2n) is 12.2. The number of Topliss-reactive ketones (excluding diaryl/α,β-unsaturated/α-hetero) is 1. The number of nitrogens with zero attached hydrogens (tertiary/aromatic N) is 3. The largest absolute Gasteiger partial charge is 0.493 e. The number of carbonyl (C=O) groups excluding carboxylic acids is 1. The van der Waals surface area contributed by atoms with E-state index in [1.54, 1.807) is 32.2 Å². The van der Waals surface area contributed by atoms with Crippen LogP contribution in [0.15, 0.2) is 63.6 Å². The van der Waals surface area contributed by atoms with Gasteiger partial charge in [-0.25, -0.2) is 0 Å². The molecule has 5 aromatic rings. The summed E-state index contributed by atoms with van der Waals surface area (Å²) in [4.78, 5) is 14.0. The Morgan fingerprint density at radius 2 is 1.45 bits per heavy atom. The number of aromatic nitrogens is 2. The molecule has 7 rings (SSSR count). The normalized spacial score (nSPS) is 16.3. The molecule has 248 valence electrons. The molecule has 0 amide bonds. The fourth-order valence-electron chi connectivity index (χ4n) is 6.45. The number of hydrogen-bond donors (Lipinski definition) is 1. The first kappa shape index (κ1) is 33.3. The summed E-state index contributed by atoms with van der Waals surface area (Å²) in [6.07, 6.45) is 5.30. The lowest BCUT2D eigenvalue weighted by Crippen LogP contribution is -2.34. The lowest BCUT2D eigenvalue weighted by atomic mass is 9.91. The summed E-state index contributed by atoms with van der Waals surface area (Å²) in [7, 11) is 1.59. The first-order chi connectivity index (χ1) is 22.9. The van der Waals surface area contributed by atoms with Crippen molar-refractivity contribution in [3.05, 3.63) is 81.6 Å². The van der Waals surface area contributed by atoms with Crippen molar-refractivity contribution in [2.45, 2.75) is 50.9 Å². The highest BCUT2D eigenvalue weighted by molar-refractivity contribution is 6.31. The number of halogens is 2. The number of fused-ring (bicyclic) bond motifs is 2. The van der Waals surface area contributed by atoms with Crippen LogP contribution in [0.1, 0.15) is 72.6 Å². The predicted molar refractivity (Wildman–Crippen MR) is 184 cm³/mol. The van der Waals surface area contributed by atoms with E-state index >= 15 is 0 Å². The lowest BCUT2D eigenvalue weighted by Gasteiger charge is -2.31. The van der Waals surface area contributed by atoms with Gasteiger partial charge in [-0.1, -0.05) is 33.5 Å². The number of benzene rings is 3. The van der Waals surface area contributed by atoms with Crippen molar-refractivity contribution in [3.63, 3.8) is 0 Å². The maximum Gasteiger partial charge on any atom is 0.168 e. The summed E-state index contributed by atoms with van der Waals surface area (Å²) in [5.74, 6) is 2.21. The smallest absolute Gasteiger partial charge is 0.168 e. The number of hydrogen-bond acceptors (Lipinski definition) is 9. The molecular weight excluding hydrogens is 639 g/mol. The number of carbonyl (C=O) groups is 1. The summed E-state index contributed by atoms with van der Waals surface area (Å²) in [6, 6.07) is 16.7. The first-order valence-corrected chi connectivity index (χ1v) is 17.0. The van der Waals surface area contributed by atoms with Gasteiger partial charge in [-0.05, 0) is 108 Å². The fourth-order valence-corrected chi connectivity index (χ4v) is 6.78. The number of ketones is 1. The molecule has 2 fully saturated rings. The van der Waals surface area contributed by atoms with E-state index in [4.69, 9.17) is 41.7 Å². The van der Waals surface area contributed by atoms with Crippen LogP contribution in [0.4, 0.5) is 0 Å². The van der Waals surface area contributed by atoms with Crippen molar-refractivity contribution >= 4 is 50.9 Å². The van der Waals surface area contributed by atoms with Gasteiger partial charge >= 0.3 is 0 Å². The maximum absolute atomic E-state index is 11.5. The van der Waals surface area contributed by atoms with E-state index < -0.39 is 0 Å². The molecule has 4 heterocycles. The van der Waals surface area contributed by atoms with Crippen molar-refractivity contribution in [3.8, 4) is 11.5 Å². The molecule has 0 bridgehead atoms. The molecule has 2 saturated heterocycles. The maximum atomic E-state index is 11.5. The van der Waals surface area contributed by atoms with Gasteiger partial charge in [-0.2, -0.15) is 0 Å². The van der Waals surface area contributed by atoms with Crippen molar-refractivity contribution in [1.82, 2.24) is 20.5 Å². The average molecular weight is 680 g/mol. The van der Waals surface area contributed by atoms with E-state index in [0.717, 1.165) is 98.2 Å². The SMILES string of the molecule is COc1cc(C(C)=O)ccc1OCCCN1CCC(c2noc3cc(Cl)ccc23)CC1.Clc1ccc2c(C3CCNCC3)noc2c1. The van der Waals surface area contributed by atoms with Crippen LogP contribution in [0.5, 0.6) is 11.5 Å². The molecule has 0 unspecified atom stereocenters. The highest BCUT2D eigenvalue weighted by Crippen LogP contribution is 2.34. The Bertz CT molecular complexity index is 1810. The number of rotatable bonds is 9. The van der Waals surface area contributed by atoms with E-state index in [1.165, 1.54) is 0 Å². The molecule has 0 atom stereocenters. The minimum atomic E-state index is 0.00988. The minimum absolute atomic E-state index is 0.00988. The third kappa shape index (κ3) is 8.09. The molecule has 11 heteroatoms. The Morgan fingerprint density at radius 1 is 0.851 bits per heavy atom. The van der Waals surface area contributed by atoms with Crippen LogP contribution in [0.25, 0.3) is 21.9 Å². The van der Waals surface area contributed by atoms with Crippen LogP contribution in [-0.2, 0) is 0 Å². The van der Waals surface area contributed by atoms with E-state index in [2.05, 4.69) is 20.5 Å². The number of ether oxygens (including phenoxy) is 2. The summed E-state index contributed by atoms with van der Waals surface area (Å²) >= 11 is 12.0. The van der Waals surface area contributed by atoms with Crippen molar-refractivity contribution < 1.29 is 23.3 Å². The molecule has 47 heavy (non-hydrogen) atoms. The molecule has 3 aromatic carbocycles. The zero-order valence-electron chi connectivity index (χ0n) is 26.8. The van der Waals surface area contributed by atoms with Gasteiger partial charge in [0.05, 0.1) is 25.1 Å². The molecule has 0 aliphatic carbocycles. The molecule has 2 aliphatic heterocycles. The molecule has 0 radical (unpaired) electrons. The van der Waals surface area contributed by atoms with Gasteiger partial charge in [-0.3, -0.25) is 4.79 Å². The van der Waals surface area contributed by atoms with E-state index in [1.807, 2.05) is 36.4 Å². The van der Waals surface area contributed by atoms with E-state index in [0.29, 0.717) is 45.6 Å². The monoisotopic (exact) mass is 678 g/mol. The summed E-state index contributed by atoms with van der Waals surface area (Å²) in [5.41, 5.74) is 4.31. The summed E-state index contributed by atoms with van der Waals surface area (Å²) in [6.45, 7) is 7.31. The number of piperidine rings is 2.